The summed E-state index contributed by atoms with van der Waals surface area (Å²) in [5.74, 6) is 0.278. The minimum Gasteiger partial charge on any atom is -0.339 e. The number of rotatable bonds is 3. The number of likely N-dealkylation sites (tertiary alicyclic amines) is 1. The van der Waals surface area contributed by atoms with Gasteiger partial charge in [-0.25, -0.2) is 13.6 Å². The lowest BCUT2D eigenvalue weighted by Crippen LogP contribution is -2.42. The smallest absolute Gasteiger partial charge is 0.253 e. The van der Waals surface area contributed by atoms with Crippen LogP contribution >= 0.6 is 12.4 Å². The molecule has 0 radical (unpaired) electrons. The molecule has 1 aromatic rings. The van der Waals surface area contributed by atoms with Gasteiger partial charge in [-0.1, -0.05) is 0 Å². The maximum Gasteiger partial charge on any atom is 0.253 e. The van der Waals surface area contributed by atoms with Crippen LogP contribution in [-0.2, 0) is 10.0 Å². The van der Waals surface area contributed by atoms with Crippen molar-refractivity contribution in [3.05, 3.63) is 28.8 Å². The van der Waals surface area contributed by atoms with Crippen molar-refractivity contribution in [3.63, 3.8) is 0 Å². The van der Waals surface area contributed by atoms with Crippen molar-refractivity contribution in [2.75, 3.05) is 13.1 Å². The topological polar surface area (TPSA) is 106 Å². The Morgan fingerprint density at radius 1 is 1.25 bits per heavy atom. The zero-order valence-electron chi connectivity index (χ0n) is 14.3. The van der Waals surface area contributed by atoms with Gasteiger partial charge in [-0.2, -0.15) is 0 Å². The van der Waals surface area contributed by atoms with Gasteiger partial charge in [-0.15, -0.1) is 12.4 Å². The van der Waals surface area contributed by atoms with Gasteiger partial charge in [-0.3, -0.25) is 4.79 Å². The average molecular weight is 376 g/mol. The lowest BCUT2D eigenvalue weighted by molar-refractivity contribution is 0.0680. The van der Waals surface area contributed by atoms with E-state index in [2.05, 4.69) is 0 Å². The summed E-state index contributed by atoms with van der Waals surface area (Å²) in [6.45, 7) is 6.75. The molecule has 1 atom stereocenters. The Kier molecular flexibility index (Phi) is 6.81. The van der Waals surface area contributed by atoms with Gasteiger partial charge in [0.2, 0.25) is 10.0 Å². The minimum atomic E-state index is -3.85. The number of primary sulfonamides is 1. The Hall–Kier alpha value is -1.15. The van der Waals surface area contributed by atoms with E-state index in [0.29, 0.717) is 30.1 Å². The monoisotopic (exact) mass is 375 g/mol. The summed E-state index contributed by atoms with van der Waals surface area (Å²) in [7, 11) is -3.85. The molecule has 1 aliphatic rings. The maximum absolute atomic E-state index is 12.7. The molecule has 6 nitrogen and oxygen atoms in total. The first kappa shape index (κ1) is 20.9. The molecule has 1 unspecified atom stereocenters. The summed E-state index contributed by atoms with van der Waals surface area (Å²) in [6.07, 6.45) is 1.74. The van der Waals surface area contributed by atoms with E-state index < -0.39 is 10.0 Å². The van der Waals surface area contributed by atoms with Crippen molar-refractivity contribution < 1.29 is 13.2 Å². The summed E-state index contributed by atoms with van der Waals surface area (Å²) >= 11 is 0. The van der Waals surface area contributed by atoms with E-state index in [1.165, 1.54) is 6.07 Å². The third-order valence-corrected chi connectivity index (χ3v) is 5.78. The highest BCUT2D eigenvalue weighted by Gasteiger charge is 2.26. The van der Waals surface area contributed by atoms with Crippen LogP contribution < -0.4 is 10.9 Å². The van der Waals surface area contributed by atoms with Crippen molar-refractivity contribution in [2.24, 2.45) is 16.8 Å². The lowest BCUT2D eigenvalue weighted by atomic mass is 9.90. The van der Waals surface area contributed by atoms with E-state index in [9.17, 15) is 13.2 Å². The molecule has 0 saturated carbocycles. The van der Waals surface area contributed by atoms with E-state index in [4.69, 9.17) is 10.9 Å². The Balaban J connectivity index is 0.00000288. The third-order valence-electron chi connectivity index (χ3n) is 4.74. The molecular weight excluding hydrogens is 350 g/mol. The van der Waals surface area contributed by atoms with E-state index >= 15 is 0 Å². The zero-order valence-corrected chi connectivity index (χ0v) is 15.9. The van der Waals surface area contributed by atoms with Crippen molar-refractivity contribution in [1.29, 1.82) is 0 Å². The largest absolute Gasteiger partial charge is 0.339 e. The highest BCUT2D eigenvalue weighted by Crippen LogP contribution is 2.24. The van der Waals surface area contributed by atoms with Gasteiger partial charge in [0.15, 0.2) is 0 Å². The van der Waals surface area contributed by atoms with Gasteiger partial charge >= 0.3 is 0 Å². The van der Waals surface area contributed by atoms with Gasteiger partial charge < -0.3 is 10.6 Å². The van der Waals surface area contributed by atoms with E-state index in [0.717, 1.165) is 18.4 Å². The second kappa shape index (κ2) is 7.82. The highest BCUT2D eigenvalue weighted by molar-refractivity contribution is 7.89. The quantitative estimate of drug-likeness (QED) is 0.836. The Morgan fingerprint density at radius 2 is 1.79 bits per heavy atom. The standard InChI is InChI=1S/C16H25N3O3S.ClH/c1-10-8-14(9-15(11(10)2)23(18,21)22)16(20)19-6-4-13(5-7-19)12(3)17;/h8-9,12-13H,4-7,17H2,1-3H3,(H2,18,21,22);1H. The minimum absolute atomic E-state index is 0. The number of carbonyl (C=O) groups excluding carboxylic acids is 1. The molecule has 2 rings (SSSR count). The highest BCUT2D eigenvalue weighted by atomic mass is 35.5. The molecule has 24 heavy (non-hydrogen) atoms. The molecule has 0 spiro atoms. The maximum atomic E-state index is 12.7. The van der Waals surface area contributed by atoms with Gasteiger partial charge in [-0.05, 0) is 62.8 Å². The molecule has 1 amide bonds. The molecule has 136 valence electrons. The molecule has 0 bridgehead atoms. The van der Waals surface area contributed by atoms with Crippen LogP contribution in [-0.4, -0.2) is 38.4 Å². The van der Waals surface area contributed by atoms with Gasteiger partial charge in [0, 0.05) is 24.7 Å². The fourth-order valence-corrected chi connectivity index (χ4v) is 3.94. The molecule has 8 heteroatoms. The normalized spacial score (nSPS) is 17.3. The SMILES string of the molecule is Cc1cc(C(=O)N2CCC(C(C)N)CC2)cc(S(N)(=O)=O)c1C.Cl. The Labute approximate surface area is 150 Å². The van der Waals surface area contributed by atoms with Crippen LogP contribution in [0.1, 0.15) is 41.3 Å². The summed E-state index contributed by atoms with van der Waals surface area (Å²) < 4.78 is 23.4. The lowest BCUT2D eigenvalue weighted by Gasteiger charge is -2.34. The fourth-order valence-electron chi connectivity index (χ4n) is 3.06. The predicted octanol–water partition coefficient (Wildman–Crippen LogP) is 1.57. The van der Waals surface area contributed by atoms with Crippen LogP contribution in [0.15, 0.2) is 17.0 Å². The summed E-state index contributed by atoms with van der Waals surface area (Å²) in [5, 5.41) is 5.26. The number of piperidine rings is 1. The van der Waals surface area contributed by atoms with Crippen LogP contribution in [0.5, 0.6) is 0 Å². The molecule has 0 aromatic heterocycles. The number of nitrogens with zero attached hydrogens (tertiary/aromatic N) is 1. The third kappa shape index (κ3) is 4.47. The van der Waals surface area contributed by atoms with Crippen molar-refractivity contribution >= 4 is 28.3 Å². The summed E-state index contributed by atoms with van der Waals surface area (Å²) in [6, 6.07) is 3.24. The molecule has 1 aliphatic heterocycles. The predicted molar refractivity (Wildman–Crippen MR) is 96.8 cm³/mol. The number of sulfonamides is 1. The van der Waals surface area contributed by atoms with Crippen LogP contribution in [0.3, 0.4) is 0 Å². The molecule has 1 fully saturated rings. The number of benzene rings is 1. The number of nitrogens with two attached hydrogens (primary N) is 2. The van der Waals surface area contributed by atoms with E-state index in [1.807, 2.05) is 6.92 Å². The van der Waals surface area contributed by atoms with E-state index in [-0.39, 0.29) is 29.3 Å². The fraction of sp³-hybridized carbons (Fsp3) is 0.562. The molecule has 0 aliphatic carbocycles. The van der Waals surface area contributed by atoms with Crippen molar-refractivity contribution in [1.82, 2.24) is 4.90 Å². The van der Waals surface area contributed by atoms with Gasteiger partial charge in [0.1, 0.15) is 0 Å². The summed E-state index contributed by atoms with van der Waals surface area (Å²) in [4.78, 5) is 14.5. The second-order valence-corrected chi connectivity index (χ2v) is 7.98. The molecular formula is C16H26ClN3O3S. The van der Waals surface area contributed by atoms with Crippen LogP contribution in [0.4, 0.5) is 0 Å². The second-order valence-electron chi connectivity index (χ2n) is 6.45. The zero-order chi connectivity index (χ0) is 17.4. The first-order chi connectivity index (χ1) is 10.6. The van der Waals surface area contributed by atoms with E-state index in [1.54, 1.807) is 24.8 Å². The van der Waals surface area contributed by atoms with Crippen LogP contribution in [0, 0.1) is 19.8 Å². The van der Waals surface area contributed by atoms with Crippen molar-refractivity contribution in [3.8, 4) is 0 Å². The van der Waals surface area contributed by atoms with Crippen LogP contribution in [0.2, 0.25) is 0 Å². The Morgan fingerprint density at radius 3 is 2.25 bits per heavy atom. The molecule has 1 saturated heterocycles. The molecule has 1 heterocycles. The number of halogens is 1. The Bertz CT molecular complexity index is 712. The first-order valence-corrected chi connectivity index (χ1v) is 9.34. The number of amides is 1. The number of hydrogen-bond acceptors (Lipinski definition) is 4. The average Bonchev–Trinajstić information content (AvgIpc) is 2.48. The molecule has 1 aromatic carbocycles. The number of aryl methyl sites for hydroxylation is 1. The first-order valence-electron chi connectivity index (χ1n) is 7.80. The number of hydrogen-bond donors (Lipinski definition) is 2. The molecule has 4 N–H and O–H groups in total. The number of carbonyl (C=O) groups is 1. The van der Waals surface area contributed by atoms with Crippen molar-refractivity contribution in [2.45, 2.75) is 44.6 Å². The van der Waals surface area contributed by atoms with Crippen LogP contribution in [0.25, 0.3) is 0 Å². The van der Waals surface area contributed by atoms with Gasteiger partial charge in [0.25, 0.3) is 5.91 Å². The van der Waals surface area contributed by atoms with Gasteiger partial charge in [0.05, 0.1) is 4.90 Å². The summed E-state index contributed by atoms with van der Waals surface area (Å²) in [5.41, 5.74) is 7.62.